The van der Waals surface area contributed by atoms with Crippen molar-refractivity contribution in [3.8, 4) is 5.75 Å². The topological polar surface area (TPSA) is 174 Å². The lowest BCUT2D eigenvalue weighted by Crippen LogP contribution is -2.65. The summed E-state index contributed by atoms with van der Waals surface area (Å²) >= 11 is 0. The SMILES string of the molecule is CN(C)[C@@H]1C(=O)C(C(N)=O)=C(O)[C@@]2(O)C(=O)C3=C(O)c4c(O)ccc(/C=C/c5ccncc5)c4C[C@H]3C[C@@H]12. The van der Waals surface area contributed by atoms with Crippen LogP contribution >= 0.6 is 0 Å². The van der Waals surface area contributed by atoms with Gasteiger partial charge in [-0.25, -0.2) is 0 Å². The number of nitrogens with zero attached hydrogens (tertiary/aromatic N) is 2. The zero-order valence-electron chi connectivity index (χ0n) is 20.8. The Hall–Kier alpha value is -4.28. The quantitative estimate of drug-likeness (QED) is 0.377. The minimum atomic E-state index is -2.65. The van der Waals surface area contributed by atoms with Crippen molar-refractivity contribution in [1.29, 1.82) is 0 Å². The molecule has 5 rings (SSSR count). The average molecular weight is 518 g/mol. The van der Waals surface area contributed by atoms with Crippen LogP contribution in [0.25, 0.3) is 17.9 Å². The fraction of sp³-hybridized carbons (Fsp3) is 0.286. The smallest absolute Gasteiger partial charge is 0.255 e. The van der Waals surface area contributed by atoms with Crippen LogP contribution in [0.2, 0.25) is 0 Å². The van der Waals surface area contributed by atoms with Crippen LogP contribution in [0.4, 0.5) is 0 Å². The largest absolute Gasteiger partial charge is 0.508 e. The number of pyridine rings is 1. The van der Waals surface area contributed by atoms with Crippen molar-refractivity contribution >= 4 is 35.4 Å². The van der Waals surface area contributed by atoms with Gasteiger partial charge in [0.15, 0.2) is 11.4 Å². The molecular weight excluding hydrogens is 490 g/mol. The Morgan fingerprint density at radius 2 is 1.79 bits per heavy atom. The predicted octanol–water partition coefficient (Wildman–Crippen LogP) is 1.53. The number of Topliss-reactive ketones (excluding diaryl/α,β-unsaturated/α-hetero) is 2. The molecule has 1 aromatic heterocycles. The zero-order chi connectivity index (χ0) is 27.5. The summed E-state index contributed by atoms with van der Waals surface area (Å²) in [5.41, 5.74) is 3.92. The van der Waals surface area contributed by atoms with E-state index in [1.807, 2.05) is 24.3 Å². The van der Waals surface area contributed by atoms with Crippen LogP contribution in [0.15, 0.2) is 53.6 Å². The molecule has 10 nitrogen and oxygen atoms in total. The van der Waals surface area contributed by atoms with Crippen molar-refractivity contribution < 1.29 is 34.8 Å². The Balaban J connectivity index is 1.68. The Morgan fingerprint density at radius 3 is 2.42 bits per heavy atom. The fourth-order valence-electron chi connectivity index (χ4n) is 6.08. The van der Waals surface area contributed by atoms with E-state index in [1.165, 1.54) is 11.0 Å². The maximum atomic E-state index is 13.9. The lowest BCUT2D eigenvalue weighted by atomic mass is 9.57. The van der Waals surface area contributed by atoms with E-state index in [0.717, 1.165) is 5.56 Å². The molecule has 196 valence electrons. The maximum absolute atomic E-state index is 13.9. The van der Waals surface area contributed by atoms with E-state index in [9.17, 15) is 34.8 Å². The number of carbonyl (C=O) groups is 3. The van der Waals surface area contributed by atoms with Crippen LogP contribution in [-0.2, 0) is 20.8 Å². The first-order chi connectivity index (χ1) is 18.0. The highest BCUT2D eigenvalue weighted by atomic mass is 16.3. The number of fused-ring (bicyclic) bond motifs is 3. The fourth-order valence-corrected chi connectivity index (χ4v) is 6.08. The summed E-state index contributed by atoms with van der Waals surface area (Å²) in [5.74, 6) is -6.71. The minimum absolute atomic E-state index is 0.0366. The molecule has 4 atom stereocenters. The first-order valence-corrected chi connectivity index (χ1v) is 12.1. The highest BCUT2D eigenvalue weighted by molar-refractivity contribution is 6.24. The normalized spacial score (nSPS) is 27.0. The van der Waals surface area contributed by atoms with Crippen molar-refractivity contribution in [2.24, 2.45) is 17.6 Å². The van der Waals surface area contributed by atoms with Crippen LogP contribution in [0.1, 0.15) is 28.7 Å². The molecule has 10 heteroatoms. The lowest BCUT2D eigenvalue weighted by molar-refractivity contribution is -0.153. The molecule has 1 fully saturated rings. The molecule has 0 aliphatic heterocycles. The molecule has 3 aliphatic carbocycles. The number of aromatic hydroxyl groups is 1. The Kier molecular flexibility index (Phi) is 5.96. The first-order valence-electron chi connectivity index (χ1n) is 12.1. The molecule has 0 radical (unpaired) electrons. The second-order valence-corrected chi connectivity index (χ2v) is 10.1. The molecule has 38 heavy (non-hydrogen) atoms. The number of hydrogen-bond acceptors (Lipinski definition) is 9. The van der Waals surface area contributed by atoms with Crippen LogP contribution in [0.5, 0.6) is 5.75 Å². The van der Waals surface area contributed by atoms with Gasteiger partial charge < -0.3 is 26.2 Å². The number of rotatable bonds is 4. The van der Waals surface area contributed by atoms with Crippen molar-refractivity contribution in [2.45, 2.75) is 24.5 Å². The van der Waals surface area contributed by atoms with Gasteiger partial charge in [-0.2, -0.15) is 0 Å². The Morgan fingerprint density at radius 1 is 1.11 bits per heavy atom. The molecule has 1 saturated carbocycles. The molecule has 3 aliphatic rings. The van der Waals surface area contributed by atoms with Gasteiger partial charge in [-0.3, -0.25) is 24.3 Å². The van der Waals surface area contributed by atoms with Gasteiger partial charge in [-0.15, -0.1) is 0 Å². The third-order valence-corrected chi connectivity index (χ3v) is 7.80. The van der Waals surface area contributed by atoms with E-state index in [1.54, 1.807) is 32.6 Å². The number of aliphatic hydroxyl groups excluding tert-OH is 2. The van der Waals surface area contributed by atoms with Gasteiger partial charge in [0.25, 0.3) is 5.91 Å². The van der Waals surface area contributed by atoms with Gasteiger partial charge in [0.05, 0.1) is 11.6 Å². The third-order valence-electron chi connectivity index (χ3n) is 7.80. The summed E-state index contributed by atoms with van der Waals surface area (Å²) in [5, 5.41) is 44.5. The molecule has 1 aromatic carbocycles. The summed E-state index contributed by atoms with van der Waals surface area (Å²) < 4.78 is 0. The van der Waals surface area contributed by atoms with E-state index >= 15 is 0 Å². The van der Waals surface area contributed by atoms with Crippen LogP contribution in [-0.4, -0.2) is 73.5 Å². The minimum Gasteiger partial charge on any atom is -0.508 e. The lowest BCUT2D eigenvalue weighted by Gasteiger charge is -2.50. The molecule has 0 saturated heterocycles. The number of nitrogens with two attached hydrogens (primary N) is 1. The number of ketones is 2. The number of likely N-dealkylation sites (N-methyl/N-ethyl adjacent to an activating group) is 1. The van der Waals surface area contributed by atoms with Crippen molar-refractivity contribution in [2.75, 3.05) is 14.1 Å². The van der Waals surface area contributed by atoms with Gasteiger partial charge in [-0.1, -0.05) is 18.2 Å². The molecule has 1 amide bonds. The number of phenols is 1. The van der Waals surface area contributed by atoms with E-state index in [-0.39, 0.29) is 29.7 Å². The van der Waals surface area contributed by atoms with Crippen molar-refractivity contribution in [3.05, 3.63) is 75.8 Å². The number of amides is 1. The van der Waals surface area contributed by atoms with Gasteiger partial charge >= 0.3 is 0 Å². The van der Waals surface area contributed by atoms with Crippen molar-refractivity contribution in [1.82, 2.24) is 9.88 Å². The van der Waals surface area contributed by atoms with E-state index in [2.05, 4.69) is 4.98 Å². The number of aromatic nitrogens is 1. The number of primary amides is 1. The van der Waals surface area contributed by atoms with Crippen LogP contribution < -0.4 is 5.73 Å². The number of phenolic OH excluding ortho intramolecular Hbond substituents is 1. The Bertz CT molecular complexity index is 1470. The van der Waals surface area contributed by atoms with E-state index < -0.39 is 58.0 Å². The van der Waals surface area contributed by atoms with Gasteiger partial charge in [-0.05, 0) is 67.7 Å². The molecule has 0 bridgehead atoms. The summed E-state index contributed by atoms with van der Waals surface area (Å²) in [4.78, 5) is 44.6. The molecule has 0 spiro atoms. The van der Waals surface area contributed by atoms with Crippen molar-refractivity contribution in [3.63, 3.8) is 0 Å². The van der Waals surface area contributed by atoms with Gasteiger partial charge in [0.2, 0.25) is 5.78 Å². The van der Waals surface area contributed by atoms with Crippen LogP contribution in [0, 0.1) is 11.8 Å². The number of aliphatic hydroxyl groups is 3. The third kappa shape index (κ3) is 3.56. The molecule has 0 unspecified atom stereocenters. The second-order valence-electron chi connectivity index (χ2n) is 10.1. The predicted molar refractivity (Wildman–Crippen MR) is 137 cm³/mol. The zero-order valence-corrected chi connectivity index (χ0v) is 20.8. The number of carbonyl (C=O) groups excluding carboxylic acids is 3. The second kappa shape index (κ2) is 8.93. The Labute approximate surface area is 218 Å². The molecular formula is C28H27N3O7. The first kappa shape index (κ1) is 25.4. The highest BCUT2D eigenvalue weighted by Gasteiger charge is 2.64. The highest BCUT2D eigenvalue weighted by Crippen LogP contribution is 2.53. The molecule has 1 heterocycles. The molecule has 6 N–H and O–H groups in total. The summed E-state index contributed by atoms with van der Waals surface area (Å²) in [6.45, 7) is 0. The summed E-state index contributed by atoms with van der Waals surface area (Å²) in [7, 11) is 3.13. The standard InChI is InChI=1S/C28H27N3O7/c1-31(2)22-17-12-15-11-16-14(4-3-13-7-9-30-10-8-13)5-6-18(32)20(16)23(33)19(15)25(35)28(17,38)26(36)21(24(22)34)27(29)37/h3-10,15,17,22,32-33,36,38H,11-12H2,1-2H3,(H2,29,37)/b4-3+/t15-,17-,22-,28-/m0/s1. The summed E-state index contributed by atoms with van der Waals surface area (Å²) in [6, 6.07) is 5.62. The van der Waals surface area contributed by atoms with Gasteiger partial charge in [0.1, 0.15) is 22.8 Å². The van der Waals surface area contributed by atoms with Gasteiger partial charge in [0, 0.05) is 23.9 Å². The van der Waals surface area contributed by atoms with E-state index in [4.69, 9.17) is 5.73 Å². The maximum Gasteiger partial charge on any atom is 0.255 e. The average Bonchev–Trinajstić information content (AvgIpc) is 2.86. The van der Waals surface area contributed by atoms with Crippen LogP contribution in [0.3, 0.4) is 0 Å². The number of hydrogen-bond donors (Lipinski definition) is 5. The molecule has 2 aromatic rings. The monoisotopic (exact) mass is 517 g/mol. The van der Waals surface area contributed by atoms with E-state index in [0.29, 0.717) is 11.1 Å². The summed E-state index contributed by atoms with van der Waals surface area (Å²) in [6.07, 6.45) is 7.25. The number of benzene rings is 1.